The molecule has 1 unspecified atom stereocenters. The van der Waals surface area contributed by atoms with Crippen LogP contribution < -0.4 is 10.5 Å². The molecule has 0 amide bonds. The van der Waals surface area contributed by atoms with E-state index in [-0.39, 0.29) is 12.0 Å². The molecule has 1 heterocycles. The van der Waals surface area contributed by atoms with Crippen LogP contribution >= 0.6 is 0 Å². The summed E-state index contributed by atoms with van der Waals surface area (Å²) in [7, 11) is 1.46. The first kappa shape index (κ1) is 11.9. The number of oxazole rings is 1. The molecule has 0 spiro atoms. The van der Waals surface area contributed by atoms with Crippen LogP contribution in [-0.4, -0.2) is 12.1 Å². The average Bonchev–Trinajstić information content (AvgIpc) is 2.69. The van der Waals surface area contributed by atoms with Gasteiger partial charge in [0.1, 0.15) is 11.3 Å². The van der Waals surface area contributed by atoms with E-state index in [1.807, 2.05) is 13.8 Å². The summed E-state index contributed by atoms with van der Waals surface area (Å²) < 4.78 is 23.8. The highest BCUT2D eigenvalue weighted by atomic mass is 19.1. The highest BCUT2D eigenvalue weighted by Crippen LogP contribution is 2.30. The fourth-order valence-electron chi connectivity index (χ4n) is 1.57. The van der Waals surface area contributed by atoms with Gasteiger partial charge < -0.3 is 14.9 Å². The number of ether oxygens (including phenoxy) is 1. The lowest BCUT2D eigenvalue weighted by molar-refractivity contribution is 0.382. The molecular weight excluding hydrogens is 223 g/mol. The molecule has 0 radical (unpaired) electrons. The SMILES string of the molecule is COc1cc(F)cc2nc(C(N)C(C)C)oc12. The third-order valence-electron chi connectivity index (χ3n) is 2.66. The summed E-state index contributed by atoms with van der Waals surface area (Å²) in [5, 5.41) is 0. The third-order valence-corrected chi connectivity index (χ3v) is 2.66. The molecule has 5 heteroatoms. The minimum Gasteiger partial charge on any atom is -0.493 e. The molecule has 0 aliphatic rings. The number of hydrogen-bond donors (Lipinski definition) is 1. The predicted molar refractivity (Wildman–Crippen MR) is 62.3 cm³/mol. The van der Waals surface area contributed by atoms with Crippen molar-refractivity contribution in [3.05, 3.63) is 23.8 Å². The van der Waals surface area contributed by atoms with Crippen LogP contribution in [0.5, 0.6) is 5.75 Å². The van der Waals surface area contributed by atoms with E-state index in [1.165, 1.54) is 19.2 Å². The van der Waals surface area contributed by atoms with E-state index in [9.17, 15) is 4.39 Å². The van der Waals surface area contributed by atoms with Crippen molar-refractivity contribution in [3.8, 4) is 5.75 Å². The van der Waals surface area contributed by atoms with Crippen LogP contribution in [0.4, 0.5) is 4.39 Å². The van der Waals surface area contributed by atoms with Gasteiger partial charge in [-0.15, -0.1) is 0 Å². The zero-order valence-electron chi connectivity index (χ0n) is 10.0. The molecule has 0 saturated carbocycles. The molecule has 92 valence electrons. The molecule has 2 aromatic rings. The Balaban J connectivity index is 2.57. The molecule has 0 fully saturated rings. The second kappa shape index (κ2) is 4.33. The maximum Gasteiger partial charge on any atom is 0.212 e. The maximum atomic E-state index is 13.3. The number of halogens is 1. The second-order valence-corrected chi connectivity index (χ2v) is 4.28. The minimum absolute atomic E-state index is 0.193. The van der Waals surface area contributed by atoms with Gasteiger partial charge in [-0.2, -0.15) is 0 Å². The van der Waals surface area contributed by atoms with Gasteiger partial charge in [0.2, 0.25) is 5.89 Å². The molecule has 2 rings (SSSR count). The predicted octanol–water partition coefficient (Wildman–Crippen LogP) is 2.63. The van der Waals surface area contributed by atoms with E-state index in [4.69, 9.17) is 14.9 Å². The number of benzene rings is 1. The van der Waals surface area contributed by atoms with E-state index in [0.29, 0.717) is 22.7 Å². The molecule has 1 aromatic carbocycles. The van der Waals surface area contributed by atoms with Gasteiger partial charge in [-0.05, 0) is 5.92 Å². The maximum absolute atomic E-state index is 13.3. The summed E-state index contributed by atoms with van der Waals surface area (Å²) in [5.41, 5.74) is 6.79. The molecular formula is C12H15FN2O2. The van der Waals surface area contributed by atoms with Gasteiger partial charge in [0.05, 0.1) is 13.2 Å². The van der Waals surface area contributed by atoms with Gasteiger partial charge in [-0.25, -0.2) is 9.37 Å². The number of nitrogens with two attached hydrogens (primary N) is 1. The van der Waals surface area contributed by atoms with Gasteiger partial charge in [-0.3, -0.25) is 0 Å². The normalized spacial score (nSPS) is 13.3. The largest absolute Gasteiger partial charge is 0.493 e. The van der Waals surface area contributed by atoms with Crippen LogP contribution in [0.15, 0.2) is 16.5 Å². The zero-order valence-corrected chi connectivity index (χ0v) is 10.0. The van der Waals surface area contributed by atoms with Crippen LogP contribution in [0, 0.1) is 11.7 Å². The second-order valence-electron chi connectivity index (χ2n) is 4.28. The molecule has 1 aromatic heterocycles. The van der Waals surface area contributed by atoms with Gasteiger partial charge >= 0.3 is 0 Å². The summed E-state index contributed by atoms with van der Waals surface area (Å²) >= 11 is 0. The lowest BCUT2D eigenvalue weighted by Crippen LogP contribution is -2.16. The number of fused-ring (bicyclic) bond motifs is 1. The van der Waals surface area contributed by atoms with Gasteiger partial charge in [0.25, 0.3) is 0 Å². The van der Waals surface area contributed by atoms with Crippen molar-refractivity contribution >= 4 is 11.1 Å². The van der Waals surface area contributed by atoms with Crippen molar-refractivity contribution in [2.45, 2.75) is 19.9 Å². The van der Waals surface area contributed by atoms with Crippen LogP contribution in [0.25, 0.3) is 11.1 Å². The molecule has 2 N–H and O–H groups in total. The lowest BCUT2D eigenvalue weighted by atomic mass is 10.1. The highest BCUT2D eigenvalue weighted by molar-refractivity contribution is 5.79. The standard InChI is InChI=1S/C12H15FN2O2/c1-6(2)10(14)12-15-8-4-7(13)5-9(16-3)11(8)17-12/h4-6,10H,14H2,1-3H3. The van der Waals surface area contributed by atoms with Crippen LogP contribution in [0.3, 0.4) is 0 Å². The first-order valence-corrected chi connectivity index (χ1v) is 5.42. The molecule has 4 nitrogen and oxygen atoms in total. The minimum atomic E-state index is -0.410. The van der Waals surface area contributed by atoms with Crippen LogP contribution in [-0.2, 0) is 0 Å². The Morgan fingerprint density at radius 2 is 2.12 bits per heavy atom. The Morgan fingerprint density at radius 1 is 1.41 bits per heavy atom. The van der Waals surface area contributed by atoms with Crippen molar-refractivity contribution in [2.24, 2.45) is 11.7 Å². The first-order chi connectivity index (χ1) is 8.02. The van der Waals surface area contributed by atoms with E-state index < -0.39 is 5.82 Å². The van der Waals surface area contributed by atoms with Crippen molar-refractivity contribution in [1.82, 2.24) is 4.98 Å². The Bertz CT molecular complexity index is 537. The van der Waals surface area contributed by atoms with Crippen LogP contribution in [0.1, 0.15) is 25.8 Å². The Labute approximate surface area is 98.6 Å². The fraction of sp³-hybridized carbons (Fsp3) is 0.417. The molecule has 0 saturated heterocycles. The number of nitrogens with zero attached hydrogens (tertiary/aromatic N) is 1. The summed E-state index contributed by atoms with van der Waals surface area (Å²) in [6.07, 6.45) is 0. The third kappa shape index (κ3) is 2.10. The highest BCUT2D eigenvalue weighted by Gasteiger charge is 2.19. The van der Waals surface area contributed by atoms with E-state index in [2.05, 4.69) is 4.98 Å². The van der Waals surface area contributed by atoms with Crippen molar-refractivity contribution in [3.63, 3.8) is 0 Å². The quantitative estimate of drug-likeness (QED) is 0.892. The first-order valence-electron chi connectivity index (χ1n) is 5.42. The molecule has 1 atom stereocenters. The van der Waals surface area contributed by atoms with E-state index >= 15 is 0 Å². The average molecular weight is 238 g/mol. The number of aromatic nitrogens is 1. The Morgan fingerprint density at radius 3 is 2.71 bits per heavy atom. The van der Waals surface area contributed by atoms with E-state index in [1.54, 1.807) is 0 Å². The van der Waals surface area contributed by atoms with Crippen LogP contribution in [0.2, 0.25) is 0 Å². The number of hydrogen-bond acceptors (Lipinski definition) is 4. The Kier molecular flexibility index (Phi) is 3.02. The number of rotatable bonds is 3. The summed E-state index contributed by atoms with van der Waals surface area (Å²) in [5.74, 6) is 0.514. The summed E-state index contributed by atoms with van der Waals surface area (Å²) in [4.78, 5) is 4.19. The van der Waals surface area contributed by atoms with E-state index in [0.717, 1.165) is 0 Å². The van der Waals surface area contributed by atoms with Crippen molar-refractivity contribution in [2.75, 3.05) is 7.11 Å². The van der Waals surface area contributed by atoms with Gasteiger partial charge in [0, 0.05) is 12.1 Å². The molecule has 0 aliphatic heterocycles. The fourth-order valence-corrected chi connectivity index (χ4v) is 1.57. The van der Waals surface area contributed by atoms with Gasteiger partial charge in [0.15, 0.2) is 11.3 Å². The Hall–Kier alpha value is -1.62. The summed E-state index contributed by atoms with van der Waals surface area (Å²) in [6.45, 7) is 3.94. The lowest BCUT2D eigenvalue weighted by Gasteiger charge is -2.10. The smallest absolute Gasteiger partial charge is 0.212 e. The topological polar surface area (TPSA) is 61.3 Å². The van der Waals surface area contributed by atoms with Crippen molar-refractivity contribution < 1.29 is 13.5 Å². The summed E-state index contributed by atoms with van der Waals surface area (Å²) in [6, 6.07) is 2.26. The zero-order chi connectivity index (χ0) is 12.6. The monoisotopic (exact) mass is 238 g/mol. The molecule has 0 bridgehead atoms. The van der Waals surface area contributed by atoms with Crippen molar-refractivity contribution in [1.29, 1.82) is 0 Å². The molecule has 0 aliphatic carbocycles. The molecule has 17 heavy (non-hydrogen) atoms. The number of methoxy groups -OCH3 is 1. The van der Waals surface area contributed by atoms with Gasteiger partial charge in [-0.1, -0.05) is 13.8 Å².